The van der Waals surface area contributed by atoms with Gasteiger partial charge in [-0.1, -0.05) is 12.1 Å². The average Bonchev–Trinajstić information content (AvgIpc) is 3.28. The number of nitrogens with one attached hydrogen (secondary N) is 1. The Morgan fingerprint density at radius 1 is 1.25 bits per heavy atom. The van der Waals surface area contributed by atoms with Crippen molar-refractivity contribution in [3.05, 3.63) is 71.0 Å². The number of benzene rings is 2. The number of rotatable bonds is 6. The molecular weight excluding hydrogens is 482 g/mol. The van der Waals surface area contributed by atoms with Gasteiger partial charge in [-0.3, -0.25) is 14.3 Å². The number of nitrogens with zero attached hydrogens (tertiary/aromatic N) is 4. The number of amides is 2. The fourth-order valence-electron chi connectivity index (χ4n) is 3.98. The molecule has 1 aromatic heterocycles. The first-order valence-corrected chi connectivity index (χ1v) is 10.6. The number of methoxy groups -OCH3 is 1. The number of aromatic nitrogens is 2. The van der Waals surface area contributed by atoms with Crippen molar-refractivity contribution in [2.24, 2.45) is 0 Å². The van der Waals surface area contributed by atoms with Gasteiger partial charge < -0.3 is 15.0 Å². The lowest BCUT2D eigenvalue weighted by molar-refractivity contribution is -0.135. The molecule has 1 aliphatic heterocycles. The van der Waals surface area contributed by atoms with E-state index in [-0.39, 0.29) is 29.1 Å². The van der Waals surface area contributed by atoms with E-state index in [0.29, 0.717) is 11.4 Å². The van der Waals surface area contributed by atoms with Crippen LogP contribution < -0.4 is 15.0 Å². The van der Waals surface area contributed by atoms with Gasteiger partial charge in [0.1, 0.15) is 17.5 Å². The number of halogens is 4. The molecule has 0 radical (unpaired) electrons. The molecule has 1 atom stereocenters. The molecule has 0 saturated carbocycles. The number of ether oxygens (including phenoxy) is 1. The number of hydrogen-bond acceptors (Lipinski definition) is 5. The number of carbonyl (C=O) groups excluding carboxylic acids is 2. The molecule has 186 valence electrons. The summed E-state index contributed by atoms with van der Waals surface area (Å²) < 4.78 is 59.1. The zero-order valence-electron chi connectivity index (χ0n) is 19.0. The number of nitriles is 1. The van der Waals surface area contributed by atoms with E-state index in [2.05, 4.69) is 10.4 Å². The lowest BCUT2D eigenvalue weighted by Crippen LogP contribution is -2.47. The maximum Gasteiger partial charge on any atom is 0.332 e. The van der Waals surface area contributed by atoms with Crippen LogP contribution >= 0.6 is 0 Å². The van der Waals surface area contributed by atoms with E-state index in [0.717, 1.165) is 24.3 Å². The molecule has 36 heavy (non-hydrogen) atoms. The Bertz CT molecular complexity index is 1370. The van der Waals surface area contributed by atoms with Gasteiger partial charge in [0.05, 0.1) is 37.0 Å². The van der Waals surface area contributed by atoms with Crippen LogP contribution in [0.3, 0.4) is 0 Å². The second kappa shape index (κ2) is 9.33. The molecular formula is C24H19F4N5O3. The molecule has 0 aliphatic carbocycles. The van der Waals surface area contributed by atoms with Crippen LogP contribution in [0.5, 0.6) is 5.75 Å². The molecule has 2 amide bonds. The lowest BCUT2D eigenvalue weighted by atomic mass is 10.1. The summed E-state index contributed by atoms with van der Waals surface area (Å²) >= 11 is 0. The summed E-state index contributed by atoms with van der Waals surface area (Å²) in [6, 6.07) is 9.95. The van der Waals surface area contributed by atoms with Crippen molar-refractivity contribution in [3.63, 3.8) is 0 Å². The van der Waals surface area contributed by atoms with E-state index in [1.54, 1.807) is 6.92 Å². The largest absolute Gasteiger partial charge is 0.495 e. The third kappa shape index (κ3) is 4.24. The van der Waals surface area contributed by atoms with Crippen molar-refractivity contribution in [1.82, 2.24) is 9.78 Å². The van der Waals surface area contributed by atoms with Gasteiger partial charge in [-0.05, 0) is 37.3 Å². The first-order valence-electron chi connectivity index (χ1n) is 10.6. The fourth-order valence-corrected chi connectivity index (χ4v) is 3.98. The highest BCUT2D eigenvalue weighted by Gasteiger charge is 2.43. The Balaban J connectivity index is 1.62. The summed E-state index contributed by atoms with van der Waals surface area (Å²) in [5.41, 5.74) is -0.243. The van der Waals surface area contributed by atoms with Crippen molar-refractivity contribution >= 4 is 23.2 Å². The Morgan fingerprint density at radius 3 is 2.56 bits per heavy atom. The van der Waals surface area contributed by atoms with Crippen molar-refractivity contribution in [3.8, 4) is 11.8 Å². The van der Waals surface area contributed by atoms with Gasteiger partial charge in [0, 0.05) is 16.9 Å². The number of alkyl halides is 4. The van der Waals surface area contributed by atoms with Crippen LogP contribution in [0.25, 0.3) is 0 Å². The van der Waals surface area contributed by atoms with E-state index in [9.17, 15) is 32.4 Å². The minimum absolute atomic E-state index is 0.0263. The number of hydrogen-bond donors (Lipinski definition) is 1. The Hall–Kier alpha value is -4.40. The average molecular weight is 501 g/mol. The van der Waals surface area contributed by atoms with Crippen molar-refractivity contribution in [2.45, 2.75) is 31.9 Å². The highest BCUT2D eigenvalue weighted by Crippen LogP contribution is 2.36. The Morgan fingerprint density at radius 2 is 1.94 bits per heavy atom. The summed E-state index contributed by atoms with van der Waals surface area (Å²) in [5, 5.41) is 16.0. The Labute approximate surface area is 202 Å². The molecule has 1 N–H and O–H groups in total. The maximum absolute atomic E-state index is 13.7. The first kappa shape index (κ1) is 24.7. The van der Waals surface area contributed by atoms with E-state index in [1.165, 1.54) is 41.1 Å². The second-order valence-corrected chi connectivity index (χ2v) is 8.06. The maximum atomic E-state index is 13.7. The topological polar surface area (TPSA) is 100 Å². The molecule has 4 rings (SSSR count). The zero-order chi connectivity index (χ0) is 26.2. The summed E-state index contributed by atoms with van der Waals surface area (Å²) in [7, 11) is 1.41. The van der Waals surface area contributed by atoms with Gasteiger partial charge in [0.15, 0.2) is 0 Å². The molecule has 12 heteroatoms. The smallest absolute Gasteiger partial charge is 0.332 e. The van der Waals surface area contributed by atoms with Gasteiger partial charge in [0.2, 0.25) is 0 Å². The minimum atomic E-state index is -4.33. The van der Waals surface area contributed by atoms with Crippen LogP contribution in [-0.4, -0.2) is 41.2 Å². The van der Waals surface area contributed by atoms with E-state index in [1.807, 2.05) is 6.07 Å². The molecule has 0 saturated heterocycles. The summed E-state index contributed by atoms with van der Waals surface area (Å²) in [4.78, 5) is 27.7. The second-order valence-electron chi connectivity index (χ2n) is 8.06. The standard InChI is InChI=1S/C24H19F4N5O3/c1-13-12-32-20(22(35)33(13)17-6-3-15(4-7-17)24(27,28)23(25)26)18(11-30-32)21(34)31-16-5-8-19(36-2)14(9-16)10-29/h3-9,11,13,23H,12H2,1-2H3,(H,31,34). The molecule has 1 aliphatic rings. The number of anilines is 2. The lowest BCUT2D eigenvalue weighted by Gasteiger charge is -2.34. The molecule has 1 unspecified atom stereocenters. The third-order valence-corrected chi connectivity index (χ3v) is 5.77. The Kier molecular flexibility index (Phi) is 6.41. The van der Waals surface area contributed by atoms with Crippen LogP contribution in [0.4, 0.5) is 28.9 Å². The number of carbonyl (C=O) groups is 2. The monoisotopic (exact) mass is 501 g/mol. The highest BCUT2D eigenvalue weighted by molar-refractivity contribution is 6.15. The van der Waals surface area contributed by atoms with E-state index in [4.69, 9.17) is 4.74 Å². The van der Waals surface area contributed by atoms with Crippen molar-refractivity contribution < 1.29 is 31.9 Å². The van der Waals surface area contributed by atoms with Crippen LogP contribution in [0.15, 0.2) is 48.7 Å². The van der Waals surface area contributed by atoms with Gasteiger partial charge in [-0.25, -0.2) is 8.78 Å². The fraction of sp³-hybridized carbons (Fsp3) is 0.250. The molecule has 0 spiro atoms. The van der Waals surface area contributed by atoms with E-state index < -0.39 is 35.8 Å². The summed E-state index contributed by atoms with van der Waals surface area (Å²) in [6.45, 7) is 1.90. The van der Waals surface area contributed by atoms with Crippen LogP contribution in [0, 0.1) is 11.3 Å². The minimum Gasteiger partial charge on any atom is -0.495 e. The first-order chi connectivity index (χ1) is 17.1. The van der Waals surface area contributed by atoms with Crippen LogP contribution in [0.1, 0.15) is 38.9 Å². The summed E-state index contributed by atoms with van der Waals surface area (Å²) in [5.74, 6) is -5.26. The van der Waals surface area contributed by atoms with Crippen molar-refractivity contribution in [1.29, 1.82) is 5.26 Å². The quantitative estimate of drug-likeness (QED) is 0.504. The normalized spacial score (nSPS) is 15.4. The van der Waals surface area contributed by atoms with Gasteiger partial charge in [-0.15, -0.1) is 0 Å². The molecule has 0 fully saturated rings. The molecule has 3 aromatic rings. The van der Waals surface area contributed by atoms with Crippen LogP contribution in [0.2, 0.25) is 0 Å². The van der Waals surface area contributed by atoms with Gasteiger partial charge >= 0.3 is 12.3 Å². The number of fused-ring (bicyclic) bond motifs is 1. The third-order valence-electron chi connectivity index (χ3n) is 5.77. The predicted octanol–water partition coefficient (Wildman–Crippen LogP) is 4.42. The SMILES string of the molecule is COc1ccc(NC(=O)c2cnn3c2C(=O)N(c2ccc(C(F)(F)C(F)F)cc2)C(C)C3)cc1C#N. The zero-order valence-corrected chi connectivity index (χ0v) is 19.0. The molecule has 2 heterocycles. The van der Waals surface area contributed by atoms with Crippen LogP contribution in [-0.2, 0) is 12.5 Å². The van der Waals surface area contributed by atoms with Gasteiger partial charge in [-0.2, -0.15) is 19.1 Å². The van der Waals surface area contributed by atoms with Crippen molar-refractivity contribution in [2.75, 3.05) is 17.3 Å². The summed E-state index contributed by atoms with van der Waals surface area (Å²) in [6.07, 6.45) is -2.64. The predicted molar refractivity (Wildman–Crippen MR) is 121 cm³/mol. The van der Waals surface area contributed by atoms with E-state index >= 15 is 0 Å². The molecule has 0 bridgehead atoms. The molecule has 8 nitrogen and oxygen atoms in total. The highest BCUT2D eigenvalue weighted by atomic mass is 19.3. The molecule has 2 aromatic carbocycles. The van der Waals surface area contributed by atoms with Gasteiger partial charge in [0.25, 0.3) is 11.8 Å².